The highest BCUT2D eigenvalue weighted by atomic mass is 32.2. The number of amides is 1. The summed E-state index contributed by atoms with van der Waals surface area (Å²) in [7, 11) is -3.61. The van der Waals surface area contributed by atoms with E-state index in [1.54, 1.807) is 36.4 Å². The third-order valence-electron chi connectivity index (χ3n) is 5.57. The van der Waals surface area contributed by atoms with Crippen LogP contribution in [-0.4, -0.2) is 14.3 Å². The molecule has 0 bridgehead atoms. The van der Waals surface area contributed by atoms with E-state index in [4.69, 9.17) is 4.74 Å². The second kappa shape index (κ2) is 12.2. The van der Waals surface area contributed by atoms with Crippen LogP contribution in [0.5, 0.6) is 5.75 Å². The zero-order valence-electron chi connectivity index (χ0n) is 19.8. The van der Waals surface area contributed by atoms with Crippen molar-refractivity contribution < 1.29 is 17.9 Å². The summed E-state index contributed by atoms with van der Waals surface area (Å²) in [6, 6.07) is 33.1. The minimum atomic E-state index is -3.61. The van der Waals surface area contributed by atoms with E-state index in [9.17, 15) is 13.2 Å². The Labute approximate surface area is 212 Å². The van der Waals surface area contributed by atoms with Gasteiger partial charge < -0.3 is 10.1 Å². The summed E-state index contributed by atoms with van der Waals surface area (Å²) in [4.78, 5) is 12.6. The molecule has 4 aromatic rings. The molecule has 0 aliphatic carbocycles. The predicted octanol–water partition coefficient (Wildman–Crippen LogP) is 5.32. The molecule has 0 unspecified atom stereocenters. The Morgan fingerprint density at radius 2 is 1.31 bits per heavy atom. The summed E-state index contributed by atoms with van der Waals surface area (Å²) < 4.78 is 33.5. The molecule has 0 radical (unpaired) electrons. The van der Waals surface area contributed by atoms with Crippen molar-refractivity contribution >= 4 is 21.6 Å². The minimum absolute atomic E-state index is 0.117. The molecule has 0 heterocycles. The Morgan fingerprint density at radius 1 is 0.694 bits per heavy atom. The summed E-state index contributed by atoms with van der Waals surface area (Å²) in [6.45, 7) is 0.709. The Bertz CT molecular complexity index is 1360. The molecule has 184 valence electrons. The molecule has 7 heteroatoms. The lowest BCUT2D eigenvalue weighted by Crippen LogP contribution is -2.23. The molecule has 2 N–H and O–H groups in total. The number of hydrogen-bond donors (Lipinski definition) is 2. The van der Waals surface area contributed by atoms with Crippen LogP contribution in [0.4, 0.5) is 5.69 Å². The smallest absolute Gasteiger partial charge is 0.240 e. The highest BCUT2D eigenvalue weighted by Gasteiger charge is 2.13. The number of rotatable bonds is 11. The number of anilines is 1. The summed E-state index contributed by atoms with van der Waals surface area (Å²) in [6.07, 6.45) is 0.784. The lowest BCUT2D eigenvalue weighted by molar-refractivity contribution is -0.116. The summed E-state index contributed by atoms with van der Waals surface area (Å²) in [5, 5.41) is 2.88. The van der Waals surface area contributed by atoms with Gasteiger partial charge >= 0.3 is 0 Å². The Hall–Kier alpha value is -3.94. The van der Waals surface area contributed by atoms with E-state index in [1.807, 2.05) is 72.8 Å². The van der Waals surface area contributed by atoms with Crippen molar-refractivity contribution in [3.8, 4) is 5.75 Å². The maximum Gasteiger partial charge on any atom is 0.240 e. The van der Waals surface area contributed by atoms with Gasteiger partial charge in [0, 0.05) is 18.7 Å². The lowest BCUT2D eigenvalue weighted by atomic mass is 10.1. The maximum atomic E-state index is 12.5. The predicted molar refractivity (Wildman–Crippen MR) is 141 cm³/mol. The fourth-order valence-electron chi connectivity index (χ4n) is 3.55. The van der Waals surface area contributed by atoms with Gasteiger partial charge in [-0.05, 0) is 59.5 Å². The van der Waals surface area contributed by atoms with E-state index in [1.165, 1.54) is 0 Å². The number of nitrogens with one attached hydrogen (secondary N) is 2. The third-order valence-corrected chi connectivity index (χ3v) is 6.99. The molecule has 0 aliphatic rings. The molecule has 1 amide bonds. The zero-order valence-corrected chi connectivity index (χ0v) is 20.6. The van der Waals surface area contributed by atoms with E-state index in [0.717, 1.165) is 22.4 Å². The van der Waals surface area contributed by atoms with Crippen molar-refractivity contribution in [2.45, 2.75) is 30.9 Å². The van der Waals surface area contributed by atoms with Crippen LogP contribution in [0, 0.1) is 0 Å². The van der Waals surface area contributed by atoms with Gasteiger partial charge in [-0.3, -0.25) is 4.79 Å². The van der Waals surface area contributed by atoms with E-state index < -0.39 is 10.0 Å². The molecule has 36 heavy (non-hydrogen) atoms. The number of hydrogen-bond acceptors (Lipinski definition) is 4. The van der Waals surface area contributed by atoms with Gasteiger partial charge in [0.2, 0.25) is 15.9 Å². The molecule has 4 aromatic carbocycles. The number of aryl methyl sites for hydroxylation is 1. The average molecular weight is 501 g/mol. The first-order chi connectivity index (χ1) is 17.5. The van der Waals surface area contributed by atoms with Gasteiger partial charge in [-0.15, -0.1) is 0 Å². The topological polar surface area (TPSA) is 84.5 Å². The highest BCUT2D eigenvalue weighted by Crippen LogP contribution is 2.18. The molecule has 0 saturated heterocycles. The Morgan fingerprint density at radius 3 is 1.94 bits per heavy atom. The summed E-state index contributed by atoms with van der Waals surface area (Å²) >= 11 is 0. The van der Waals surface area contributed by atoms with E-state index in [0.29, 0.717) is 18.7 Å². The van der Waals surface area contributed by atoms with Crippen LogP contribution >= 0.6 is 0 Å². The van der Waals surface area contributed by atoms with Crippen molar-refractivity contribution in [3.05, 3.63) is 126 Å². The third kappa shape index (κ3) is 7.53. The van der Waals surface area contributed by atoms with Crippen LogP contribution in [-0.2, 0) is 34.4 Å². The number of ether oxygens (including phenoxy) is 1. The standard InChI is InChI=1S/C29H28N2O4S/c32-29(31-26-14-16-27(17-15-26)35-22-25-9-5-2-6-10-25)20-13-23-11-18-28(19-12-23)36(33,34)30-21-24-7-3-1-4-8-24/h1-12,14-19,30H,13,20-22H2,(H,31,32). The van der Waals surface area contributed by atoms with Crippen LogP contribution < -0.4 is 14.8 Å². The molecule has 0 spiro atoms. The monoisotopic (exact) mass is 500 g/mol. The van der Waals surface area contributed by atoms with Gasteiger partial charge in [0.25, 0.3) is 0 Å². The van der Waals surface area contributed by atoms with Gasteiger partial charge in [-0.2, -0.15) is 0 Å². The minimum Gasteiger partial charge on any atom is -0.489 e. The normalized spacial score (nSPS) is 11.1. The van der Waals surface area contributed by atoms with Crippen molar-refractivity contribution in [3.63, 3.8) is 0 Å². The first-order valence-corrected chi connectivity index (χ1v) is 13.2. The number of sulfonamides is 1. The van der Waals surface area contributed by atoms with Crippen LogP contribution in [0.15, 0.2) is 114 Å². The molecule has 6 nitrogen and oxygen atoms in total. The Balaban J connectivity index is 1.22. The fraction of sp³-hybridized carbons (Fsp3) is 0.138. The van der Waals surface area contributed by atoms with Crippen molar-refractivity contribution in [2.24, 2.45) is 0 Å². The SMILES string of the molecule is O=C(CCc1ccc(S(=O)(=O)NCc2ccccc2)cc1)Nc1ccc(OCc2ccccc2)cc1. The first-order valence-electron chi connectivity index (χ1n) is 11.7. The van der Waals surface area contributed by atoms with Crippen LogP contribution in [0.2, 0.25) is 0 Å². The number of benzene rings is 4. The van der Waals surface area contributed by atoms with E-state index in [-0.39, 0.29) is 23.8 Å². The zero-order chi connectivity index (χ0) is 25.2. The van der Waals surface area contributed by atoms with Crippen LogP contribution in [0.3, 0.4) is 0 Å². The van der Waals surface area contributed by atoms with Gasteiger partial charge in [0.1, 0.15) is 12.4 Å². The molecule has 4 rings (SSSR count). The van der Waals surface area contributed by atoms with Crippen molar-refractivity contribution in [2.75, 3.05) is 5.32 Å². The molecule has 0 aliphatic heterocycles. The summed E-state index contributed by atoms with van der Waals surface area (Å²) in [5.41, 5.74) is 3.55. The lowest BCUT2D eigenvalue weighted by Gasteiger charge is -2.09. The Kier molecular flexibility index (Phi) is 8.49. The summed E-state index contributed by atoms with van der Waals surface area (Å²) in [5.74, 6) is 0.610. The van der Waals surface area contributed by atoms with Crippen LogP contribution in [0.1, 0.15) is 23.1 Å². The number of carbonyl (C=O) groups excluding carboxylic acids is 1. The number of carbonyl (C=O) groups is 1. The van der Waals surface area contributed by atoms with Crippen molar-refractivity contribution in [1.82, 2.24) is 4.72 Å². The highest BCUT2D eigenvalue weighted by molar-refractivity contribution is 7.89. The second-order valence-electron chi connectivity index (χ2n) is 8.30. The molecular weight excluding hydrogens is 472 g/mol. The first kappa shape index (κ1) is 25.2. The van der Waals surface area contributed by atoms with Gasteiger partial charge in [-0.1, -0.05) is 72.8 Å². The van der Waals surface area contributed by atoms with E-state index >= 15 is 0 Å². The fourth-order valence-corrected chi connectivity index (χ4v) is 4.57. The van der Waals surface area contributed by atoms with Gasteiger partial charge in [-0.25, -0.2) is 13.1 Å². The average Bonchev–Trinajstić information content (AvgIpc) is 2.92. The molecule has 0 atom stereocenters. The quantitative estimate of drug-likeness (QED) is 0.292. The van der Waals surface area contributed by atoms with Gasteiger partial charge in [0.15, 0.2) is 0 Å². The molecular formula is C29H28N2O4S. The van der Waals surface area contributed by atoms with Crippen molar-refractivity contribution in [1.29, 1.82) is 0 Å². The molecule has 0 fully saturated rings. The van der Waals surface area contributed by atoms with Gasteiger partial charge in [0.05, 0.1) is 4.90 Å². The second-order valence-corrected chi connectivity index (χ2v) is 10.1. The maximum absolute atomic E-state index is 12.5. The molecule has 0 aromatic heterocycles. The largest absolute Gasteiger partial charge is 0.489 e. The van der Waals surface area contributed by atoms with Crippen LogP contribution in [0.25, 0.3) is 0 Å². The van der Waals surface area contributed by atoms with E-state index in [2.05, 4.69) is 10.0 Å². The molecule has 0 saturated carbocycles.